The van der Waals surface area contributed by atoms with Crippen molar-refractivity contribution in [1.82, 2.24) is 19.5 Å². The van der Waals surface area contributed by atoms with Crippen LogP contribution >= 0.6 is 0 Å². The summed E-state index contributed by atoms with van der Waals surface area (Å²) in [4.78, 5) is 26.1. The van der Waals surface area contributed by atoms with Crippen LogP contribution in [0.4, 0.5) is 11.6 Å². The molecular weight excluding hydrogens is 374 g/mol. The first-order valence-corrected chi connectivity index (χ1v) is 10.4. The number of aryl methyl sites for hydroxylation is 1. The maximum atomic E-state index is 12.8. The second-order valence-electron chi connectivity index (χ2n) is 7.84. The molecule has 1 saturated carbocycles. The van der Waals surface area contributed by atoms with Crippen molar-refractivity contribution in [2.24, 2.45) is 0 Å². The van der Waals surface area contributed by atoms with Gasteiger partial charge in [0.15, 0.2) is 0 Å². The standard InChI is InChI=1S/C24H23N5O/c1-16-14-22(30)29(20-4-2-3-5-20)23-21(16)15-26-24(28-23)27-19-8-6-17(7-9-19)18-10-12-25-13-11-18/h6-15,20H,2-5H2,1H3,(H,26,27,28). The van der Waals surface area contributed by atoms with E-state index in [1.54, 1.807) is 18.5 Å². The summed E-state index contributed by atoms with van der Waals surface area (Å²) in [6, 6.07) is 14.0. The van der Waals surface area contributed by atoms with Gasteiger partial charge in [-0.2, -0.15) is 4.98 Å². The van der Waals surface area contributed by atoms with Gasteiger partial charge in [0, 0.05) is 41.8 Å². The first kappa shape index (κ1) is 18.5. The zero-order valence-corrected chi connectivity index (χ0v) is 16.9. The topological polar surface area (TPSA) is 72.7 Å². The van der Waals surface area contributed by atoms with Gasteiger partial charge in [-0.3, -0.25) is 14.3 Å². The lowest BCUT2D eigenvalue weighted by Crippen LogP contribution is -2.24. The van der Waals surface area contributed by atoms with Gasteiger partial charge in [0.1, 0.15) is 5.65 Å². The predicted octanol–water partition coefficient (Wildman–Crippen LogP) is 5.02. The van der Waals surface area contributed by atoms with Crippen LogP contribution in [0.15, 0.2) is 65.8 Å². The summed E-state index contributed by atoms with van der Waals surface area (Å²) < 4.78 is 1.87. The Bertz CT molecular complexity index is 1240. The number of benzene rings is 1. The Labute approximate surface area is 174 Å². The van der Waals surface area contributed by atoms with Crippen LogP contribution in [0.2, 0.25) is 0 Å². The van der Waals surface area contributed by atoms with E-state index in [0.717, 1.165) is 59.1 Å². The number of hydrogen-bond acceptors (Lipinski definition) is 5. The van der Waals surface area contributed by atoms with Crippen LogP contribution in [0.25, 0.3) is 22.2 Å². The van der Waals surface area contributed by atoms with Crippen LogP contribution in [0.3, 0.4) is 0 Å². The summed E-state index contributed by atoms with van der Waals surface area (Å²) in [5, 5.41) is 4.21. The van der Waals surface area contributed by atoms with Crippen molar-refractivity contribution in [2.45, 2.75) is 38.6 Å². The number of fused-ring (bicyclic) bond motifs is 1. The molecule has 150 valence electrons. The van der Waals surface area contributed by atoms with E-state index in [2.05, 4.69) is 27.4 Å². The van der Waals surface area contributed by atoms with Gasteiger partial charge in [0.05, 0.1) is 0 Å². The molecule has 0 saturated heterocycles. The molecule has 5 rings (SSSR count). The zero-order valence-electron chi connectivity index (χ0n) is 16.9. The van der Waals surface area contributed by atoms with Gasteiger partial charge < -0.3 is 5.32 Å². The normalized spacial score (nSPS) is 14.3. The maximum absolute atomic E-state index is 12.8. The molecule has 0 spiro atoms. The fourth-order valence-corrected chi connectivity index (χ4v) is 4.27. The number of hydrogen-bond donors (Lipinski definition) is 1. The SMILES string of the molecule is Cc1cc(=O)n(C2CCCC2)c2nc(Nc3ccc(-c4ccncc4)cc3)ncc12. The van der Waals surface area contributed by atoms with Crippen LogP contribution < -0.4 is 10.9 Å². The molecule has 0 aliphatic heterocycles. The molecule has 3 aromatic heterocycles. The molecule has 1 aliphatic carbocycles. The Balaban J connectivity index is 1.49. The second-order valence-corrected chi connectivity index (χ2v) is 7.84. The Hall–Kier alpha value is -3.54. The van der Waals surface area contributed by atoms with Crippen molar-refractivity contribution >= 4 is 22.7 Å². The summed E-state index contributed by atoms with van der Waals surface area (Å²) in [6.07, 6.45) is 9.77. The van der Waals surface area contributed by atoms with Gasteiger partial charge in [-0.1, -0.05) is 25.0 Å². The highest BCUT2D eigenvalue weighted by Crippen LogP contribution is 2.31. The third-order valence-electron chi connectivity index (χ3n) is 5.84. The van der Waals surface area contributed by atoms with E-state index in [0.29, 0.717) is 5.95 Å². The quantitative estimate of drug-likeness (QED) is 0.523. The number of nitrogens with zero attached hydrogens (tertiary/aromatic N) is 4. The Morgan fingerprint density at radius 2 is 1.70 bits per heavy atom. The third-order valence-corrected chi connectivity index (χ3v) is 5.84. The summed E-state index contributed by atoms with van der Waals surface area (Å²) in [6.45, 7) is 1.94. The summed E-state index contributed by atoms with van der Waals surface area (Å²) in [7, 11) is 0. The average Bonchev–Trinajstić information content (AvgIpc) is 3.29. The minimum Gasteiger partial charge on any atom is -0.324 e. The molecule has 1 aliphatic rings. The molecule has 6 nitrogen and oxygen atoms in total. The van der Waals surface area contributed by atoms with E-state index < -0.39 is 0 Å². The van der Waals surface area contributed by atoms with Crippen LogP contribution in [0.5, 0.6) is 0 Å². The van der Waals surface area contributed by atoms with Gasteiger partial charge in [-0.15, -0.1) is 0 Å². The molecule has 6 heteroatoms. The molecule has 0 amide bonds. The molecule has 4 aromatic rings. The molecule has 0 unspecified atom stereocenters. The lowest BCUT2D eigenvalue weighted by molar-refractivity contribution is 0.515. The lowest BCUT2D eigenvalue weighted by Gasteiger charge is -2.17. The highest BCUT2D eigenvalue weighted by Gasteiger charge is 2.21. The van der Waals surface area contributed by atoms with Crippen LogP contribution in [0.1, 0.15) is 37.3 Å². The molecule has 3 heterocycles. The van der Waals surface area contributed by atoms with Crippen LogP contribution in [-0.4, -0.2) is 19.5 Å². The van der Waals surface area contributed by atoms with Crippen molar-refractivity contribution in [3.05, 3.63) is 77.0 Å². The van der Waals surface area contributed by atoms with Crippen molar-refractivity contribution in [2.75, 3.05) is 5.32 Å². The van der Waals surface area contributed by atoms with Crippen LogP contribution in [0, 0.1) is 6.92 Å². The van der Waals surface area contributed by atoms with Crippen molar-refractivity contribution in [3.8, 4) is 11.1 Å². The first-order chi connectivity index (χ1) is 14.7. The number of anilines is 2. The number of rotatable bonds is 4. The third kappa shape index (κ3) is 3.45. The van der Waals surface area contributed by atoms with Gasteiger partial charge in [-0.25, -0.2) is 4.98 Å². The molecule has 1 aromatic carbocycles. The molecule has 30 heavy (non-hydrogen) atoms. The van der Waals surface area contributed by atoms with E-state index in [9.17, 15) is 4.79 Å². The molecule has 0 radical (unpaired) electrons. The Kier molecular flexibility index (Phi) is 4.75. The minimum atomic E-state index is 0.0262. The molecule has 1 N–H and O–H groups in total. The zero-order chi connectivity index (χ0) is 20.5. The van der Waals surface area contributed by atoms with Gasteiger partial charge >= 0.3 is 0 Å². The highest BCUT2D eigenvalue weighted by atomic mass is 16.1. The van der Waals surface area contributed by atoms with Crippen molar-refractivity contribution < 1.29 is 0 Å². The first-order valence-electron chi connectivity index (χ1n) is 10.4. The van der Waals surface area contributed by atoms with Gasteiger partial charge in [-0.05, 0) is 60.7 Å². The summed E-state index contributed by atoms with van der Waals surface area (Å²) in [5.74, 6) is 0.496. The fraction of sp³-hybridized carbons (Fsp3) is 0.250. The van der Waals surface area contributed by atoms with E-state index in [-0.39, 0.29) is 11.6 Å². The minimum absolute atomic E-state index is 0.0262. The highest BCUT2D eigenvalue weighted by molar-refractivity contribution is 5.79. The molecule has 1 fully saturated rings. The smallest absolute Gasteiger partial charge is 0.252 e. The van der Waals surface area contributed by atoms with Crippen LogP contribution in [-0.2, 0) is 0 Å². The van der Waals surface area contributed by atoms with E-state index in [1.807, 2.05) is 42.0 Å². The van der Waals surface area contributed by atoms with E-state index >= 15 is 0 Å². The maximum Gasteiger partial charge on any atom is 0.252 e. The van der Waals surface area contributed by atoms with E-state index in [4.69, 9.17) is 4.98 Å². The van der Waals surface area contributed by atoms with E-state index in [1.165, 1.54) is 0 Å². The largest absolute Gasteiger partial charge is 0.324 e. The number of nitrogens with one attached hydrogen (secondary N) is 1. The van der Waals surface area contributed by atoms with Gasteiger partial charge in [0.25, 0.3) is 5.56 Å². The predicted molar refractivity (Wildman–Crippen MR) is 119 cm³/mol. The monoisotopic (exact) mass is 397 g/mol. The average molecular weight is 397 g/mol. The number of pyridine rings is 2. The molecule has 0 atom stereocenters. The fourth-order valence-electron chi connectivity index (χ4n) is 4.27. The molecular formula is C24H23N5O. The molecule has 0 bridgehead atoms. The number of aromatic nitrogens is 4. The van der Waals surface area contributed by atoms with Gasteiger partial charge in [0.2, 0.25) is 5.95 Å². The Morgan fingerprint density at radius 1 is 1.00 bits per heavy atom. The lowest BCUT2D eigenvalue weighted by atomic mass is 10.1. The summed E-state index contributed by atoms with van der Waals surface area (Å²) in [5.41, 5.74) is 4.80. The Morgan fingerprint density at radius 3 is 2.43 bits per heavy atom. The van der Waals surface area contributed by atoms with Crippen molar-refractivity contribution in [1.29, 1.82) is 0 Å². The summed E-state index contributed by atoms with van der Waals surface area (Å²) >= 11 is 0. The second kappa shape index (κ2) is 7.71. The van der Waals surface area contributed by atoms with Crippen molar-refractivity contribution in [3.63, 3.8) is 0 Å².